The fourth-order valence-electron chi connectivity index (χ4n) is 1.97. The van der Waals surface area contributed by atoms with Crippen LogP contribution in [0.15, 0.2) is 47.3 Å². The van der Waals surface area contributed by atoms with E-state index in [-0.39, 0.29) is 5.41 Å². The van der Waals surface area contributed by atoms with Crippen LogP contribution in [0, 0.1) is 0 Å². The molecule has 0 aliphatic heterocycles. The van der Waals surface area contributed by atoms with Gasteiger partial charge < -0.3 is 4.42 Å². The molecule has 3 aromatic rings. The van der Waals surface area contributed by atoms with E-state index in [2.05, 4.69) is 53.1 Å². The van der Waals surface area contributed by atoms with Crippen molar-refractivity contribution in [1.29, 1.82) is 0 Å². The van der Waals surface area contributed by atoms with Gasteiger partial charge in [0.05, 0.1) is 6.20 Å². The SMILES string of the molecule is CC(C)(C)c1ccc(-c2nnc(-c3cnccn3)o2)cc1. The molecule has 21 heavy (non-hydrogen) atoms. The first-order valence-corrected chi connectivity index (χ1v) is 6.75. The Bertz CT molecular complexity index is 727. The van der Waals surface area contributed by atoms with Crippen molar-refractivity contribution in [3.05, 3.63) is 48.4 Å². The molecule has 0 atom stereocenters. The second-order valence-corrected chi connectivity index (χ2v) is 5.83. The van der Waals surface area contributed by atoms with E-state index in [1.807, 2.05) is 12.1 Å². The first kappa shape index (κ1) is 13.4. The molecular weight excluding hydrogens is 264 g/mol. The third-order valence-electron chi connectivity index (χ3n) is 3.21. The molecule has 0 aliphatic rings. The molecule has 0 aliphatic carbocycles. The van der Waals surface area contributed by atoms with E-state index in [1.165, 1.54) is 5.56 Å². The lowest BCUT2D eigenvalue weighted by Crippen LogP contribution is -2.10. The largest absolute Gasteiger partial charge is 0.415 e. The van der Waals surface area contributed by atoms with Crippen molar-refractivity contribution in [3.63, 3.8) is 0 Å². The molecule has 0 spiro atoms. The zero-order chi connectivity index (χ0) is 14.9. The molecule has 106 valence electrons. The number of rotatable bonds is 2. The van der Waals surface area contributed by atoms with E-state index in [4.69, 9.17) is 4.42 Å². The van der Waals surface area contributed by atoms with E-state index in [0.717, 1.165) is 5.56 Å². The lowest BCUT2D eigenvalue weighted by atomic mass is 9.87. The second kappa shape index (κ2) is 5.09. The van der Waals surface area contributed by atoms with Crippen LogP contribution < -0.4 is 0 Å². The first-order valence-electron chi connectivity index (χ1n) is 6.75. The monoisotopic (exact) mass is 280 g/mol. The quantitative estimate of drug-likeness (QED) is 0.719. The Morgan fingerprint density at radius 3 is 2.24 bits per heavy atom. The lowest BCUT2D eigenvalue weighted by Gasteiger charge is -2.18. The lowest BCUT2D eigenvalue weighted by molar-refractivity contribution is 0.579. The van der Waals surface area contributed by atoms with Crippen LogP contribution in [-0.4, -0.2) is 20.2 Å². The van der Waals surface area contributed by atoms with Gasteiger partial charge in [-0.1, -0.05) is 32.9 Å². The molecular formula is C16H16N4O. The van der Waals surface area contributed by atoms with Gasteiger partial charge in [-0.2, -0.15) is 0 Å². The summed E-state index contributed by atoms with van der Waals surface area (Å²) in [5.41, 5.74) is 2.85. The van der Waals surface area contributed by atoms with Crippen LogP contribution in [0.2, 0.25) is 0 Å². The molecule has 0 N–H and O–H groups in total. The maximum Gasteiger partial charge on any atom is 0.268 e. The molecule has 1 aromatic carbocycles. The highest BCUT2D eigenvalue weighted by Crippen LogP contribution is 2.26. The maximum absolute atomic E-state index is 5.66. The van der Waals surface area contributed by atoms with Crippen molar-refractivity contribution in [2.75, 3.05) is 0 Å². The average molecular weight is 280 g/mol. The van der Waals surface area contributed by atoms with E-state index in [1.54, 1.807) is 18.6 Å². The Balaban J connectivity index is 1.90. The van der Waals surface area contributed by atoms with Gasteiger partial charge in [0.2, 0.25) is 5.89 Å². The molecule has 0 saturated heterocycles. The third-order valence-corrected chi connectivity index (χ3v) is 3.21. The van der Waals surface area contributed by atoms with Gasteiger partial charge in [-0.05, 0) is 23.1 Å². The molecule has 2 aromatic heterocycles. The van der Waals surface area contributed by atoms with Crippen molar-refractivity contribution in [3.8, 4) is 23.0 Å². The minimum Gasteiger partial charge on any atom is -0.415 e. The summed E-state index contributed by atoms with van der Waals surface area (Å²) >= 11 is 0. The summed E-state index contributed by atoms with van der Waals surface area (Å²) in [6, 6.07) is 8.16. The van der Waals surface area contributed by atoms with E-state index < -0.39 is 0 Å². The van der Waals surface area contributed by atoms with Crippen molar-refractivity contribution in [1.82, 2.24) is 20.2 Å². The molecule has 0 saturated carbocycles. The molecule has 5 nitrogen and oxygen atoms in total. The van der Waals surface area contributed by atoms with Crippen LogP contribution in [0.25, 0.3) is 23.0 Å². The molecule has 2 heterocycles. The smallest absolute Gasteiger partial charge is 0.268 e. The van der Waals surface area contributed by atoms with Gasteiger partial charge in [0, 0.05) is 18.0 Å². The number of hydrogen-bond acceptors (Lipinski definition) is 5. The zero-order valence-corrected chi connectivity index (χ0v) is 12.2. The van der Waals surface area contributed by atoms with E-state index in [0.29, 0.717) is 17.5 Å². The van der Waals surface area contributed by atoms with Crippen molar-refractivity contribution in [2.45, 2.75) is 26.2 Å². The second-order valence-electron chi connectivity index (χ2n) is 5.83. The minimum atomic E-state index is 0.123. The highest BCUT2D eigenvalue weighted by Gasteiger charge is 2.15. The molecule has 0 bridgehead atoms. The van der Waals surface area contributed by atoms with Gasteiger partial charge in [0.15, 0.2) is 0 Å². The summed E-state index contributed by atoms with van der Waals surface area (Å²) in [6.45, 7) is 6.54. The molecule has 0 amide bonds. The minimum absolute atomic E-state index is 0.123. The number of benzene rings is 1. The summed E-state index contributed by atoms with van der Waals surface area (Å²) in [4.78, 5) is 8.14. The zero-order valence-electron chi connectivity index (χ0n) is 12.2. The van der Waals surface area contributed by atoms with Gasteiger partial charge in [-0.3, -0.25) is 4.98 Å². The van der Waals surface area contributed by atoms with Crippen LogP contribution in [0.3, 0.4) is 0 Å². The van der Waals surface area contributed by atoms with Gasteiger partial charge in [0.25, 0.3) is 5.89 Å². The van der Waals surface area contributed by atoms with Crippen molar-refractivity contribution < 1.29 is 4.42 Å². The highest BCUT2D eigenvalue weighted by atomic mass is 16.4. The van der Waals surface area contributed by atoms with Gasteiger partial charge in [-0.25, -0.2) is 4.98 Å². The Labute approximate surface area is 123 Å². The fourth-order valence-corrected chi connectivity index (χ4v) is 1.97. The molecule has 3 rings (SSSR count). The van der Waals surface area contributed by atoms with Gasteiger partial charge in [0.1, 0.15) is 5.69 Å². The normalized spacial score (nSPS) is 11.6. The van der Waals surface area contributed by atoms with Crippen LogP contribution >= 0.6 is 0 Å². The van der Waals surface area contributed by atoms with Crippen LogP contribution in [-0.2, 0) is 5.41 Å². The van der Waals surface area contributed by atoms with Crippen LogP contribution in [0.1, 0.15) is 26.3 Å². The van der Waals surface area contributed by atoms with Crippen molar-refractivity contribution >= 4 is 0 Å². The van der Waals surface area contributed by atoms with Crippen LogP contribution in [0.4, 0.5) is 0 Å². The predicted octanol–water partition coefficient (Wildman–Crippen LogP) is 3.49. The Morgan fingerprint density at radius 2 is 1.62 bits per heavy atom. The van der Waals surface area contributed by atoms with Gasteiger partial charge in [-0.15, -0.1) is 10.2 Å². The summed E-state index contributed by atoms with van der Waals surface area (Å²) < 4.78 is 5.66. The standard InChI is InChI=1S/C16H16N4O/c1-16(2,3)12-6-4-11(5-7-12)14-19-20-15(21-14)13-10-17-8-9-18-13/h4-10H,1-3H3. The molecule has 0 radical (unpaired) electrons. The summed E-state index contributed by atoms with van der Waals surface area (Å²) in [5.74, 6) is 0.856. The predicted molar refractivity (Wildman–Crippen MR) is 79.5 cm³/mol. The third kappa shape index (κ3) is 2.81. The highest BCUT2D eigenvalue weighted by molar-refractivity contribution is 5.56. The van der Waals surface area contributed by atoms with Crippen LogP contribution in [0.5, 0.6) is 0 Å². The van der Waals surface area contributed by atoms with Gasteiger partial charge >= 0.3 is 0 Å². The Hall–Kier alpha value is -2.56. The molecule has 0 fully saturated rings. The molecule has 0 unspecified atom stereocenters. The fraction of sp³-hybridized carbons (Fsp3) is 0.250. The number of hydrogen-bond donors (Lipinski definition) is 0. The average Bonchev–Trinajstić information content (AvgIpc) is 2.97. The Kier molecular flexibility index (Phi) is 3.25. The van der Waals surface area contributed by atoms with E-state index >= 15 is 0 Å². The number of nitrogens with zero attached hydrogens (tertiary/aromatic N) is 4. The first-order chi connectivity index (χ1) is 10.0. The topological polar surface area (TPSA) is 64.7 Å². The summed E-state index contributed by atoms with van der Waals surface area (Å²) in [6.07, 6.45) is 4.79. The van der Waals surface area contributed by atoms with E-state index in [9.17, 15) is 0 Å². The summed E-state index contributed by atoms with van der Waals surface area (Å²) in [7, 11) is 0. The molecule has 5 heteroatoms. The van der Waals surface area contributed by atoms with Crippen molar-refractivity contribution in [2.24, 2.45) is 0 Å². The Morgan fingerprint density at radius 1 is 0.905 bits per heavy atom. The summed E-state index contributed by atoms with van der Waals surface area (Å²) in [5, 5.41) is 8.09. The maximum atomic E-state index is 5.66. The number of aromatic nitrogens is 4.